The van der Waals surface area contributed by atoms with E-state index in [1.807, 2.05) is 11.0 Å². The maximum Gasteiger partial charge on any atom is 0.200 e. The molecule has 7 nitrogen and oxygen atoms in total. The Morgan fingerprint density at radius 3 is 2.52 bits per heavy atom. The standard InChI is InChI=1S/C24H29NO6/c1-3-4-13-30-18-6-7-19-23(15-18)31-16-20(24(19)28)17-5-8-22(29-2)21(14-17)25(9-11-26)10-12-27/h5-8,14-16,26-27H,3-4,9-13H2,1-2H3. The summed E-state index contributed by atoms with van der Waals surface area (Å²) in [6, 6.07) is 10.6. The van der Waals surface area contributed by atoms with E-state index in [0.29, 0.717) is 59.0 Å². The highest BCUT2D eigenvalue weighted by Gasteiger charge is 2.16. The van der Waals surface area contributed by atoms with Crippen LogP contribution < -0.4 is 19.8 Å². The van der Waals surface area contributed by atoms with Crippen molar-refractivity contribution in [2.75, 3.05) is 44.9 Å². The third-order valence-electron chi connectivity index (χ3n) is 5.08. The van der Waals surface area contributed by atoms with E-state index >= 15 is 0 Å². The lowest BCUT2D eigenvalue weighted by atomic mass is 10.0. The van der Waals surface area contributed by atoms with Crippen LogP contribution >= 0.6 is 0 Å². The van der Waals surface area contributed by atoms with E-state index < -0.39 is 0 Å². The summed E-state index contributed by atoms with van der Waals surface area (Å²) in [5, 5.41) is 19.2. The third kappa shape index (κ3) is 5.18. The van der Waals surface area contributed by atoms with Gasteiger partial charge in [0.25, 0.3) is 0 Å². The van der Waals surface area contributed by atoms with Crippen LogP contribution in [0.5, 0.6) is 11.5 Å². The van der Waals surface area contributed by atoms with Crippen LogP contribution in [0.2, 0.25) is 0 Å². The van der Waals surface area contributed by atoms with Gasteiger partial charge in [-0.05, 0) is 36.2 Å². The first-order chi connectivity index (χ1) is 15.1. The summed E-state index contributed by atoms with van der Waals surface area (Å²) in [6.45, 7) is 3.22. The molecule has 0 amide bonds. The smallest absolute Gasteiger partial charge is 0.200 e. The van der Waals surface area contributed by atoms with Gasteiger partial charge >= 0.3 is 0 Å². The molecule has 0 atom stereocenters. The molecular weight excluding hydrogens is 398 g/mol. The van der Waals surface area contributed by atoms with E-state index in [-0.39, 0.29) is 18.6 Å². The number of hydrogen-bond acceptors (Lipinski definition) is 7. The van der Waals surface area contributed by atoms with Crippen molar-refractivity contribution in [1.29, 1.82) is 0 Å². The fourth-order valence-corrected chi connectivity index (χ4v) is 3.43. The van der Waals surface area contributed by atoms with Crippen molar-refractivity contribution in [2.45, 2.75) is 19.8 Å². The zero-order chi connectivity index (χ0) is 22.2. The second kappa shape index (κ2) is 10.8. The highest BCUT2D eigenvalue weighted by Crippen LogP contribution is 2.33. The van der Waals surface area contributed by atoms with Gasteiger partial charge in [-0.2, -0.15) is 0 Å². The molecule has 0 aliphatic carbocycles. The van der Waals surface area contributed by atoms with Crippen molar-refractivity contribution in [3.05, 3.63) is 52.9 Å². The van der Waals surface area contributed by atoms with Crippen LogP contribution in [0, 0.1) is 0 Å². The summed E-state index contributed by atoms with van der Waals surface area (Å²) < 4.78 is 16.9. The summed E-state index contributed by atoms with van der Waals surface area (Å²) in [5.74, 6) is 1.26. The van der Waals surface area contributed by atoms with Gasteiger partial charge in [0.1, 0.15) is 23.3 Å². The lowest BCUT2D eigenvalue weighted by Crippen LogP contribution is -2.30. The molecule has 1 aromatic heterocycles. The quantitative estimate of drug-likeness (QED) is 0.453. The predicted octanol–water partition coefficient (Wildman–Crippen LogP) is 3.44. The molecule has 0 radical (unpaired) electrons. The molecule has 0 bridgehead atoms. The Hall–Kier alpha value is -3.03. The highest BCUT2D eigenvalue weighted by atomic mass is 16.5. The van der Waals surface area contributed by atoms with Gasteiger partial charge in [0.05, 0.1) is 43.6 Å². The Morgan fingerprint density at radius 1 is 1.06 bits per heavy atom. The molecule has 31 heavy (non-hydrogen) atoms. The van der Waals surface area contributed by atoms with E-state index in [4.69, 9.17) is 13.9 Å². The third-order valence-corrected chi connectivity index (χ3v) is 5.08. The van der Waals surface area contributed by atoms with Crippen molar-refractivity contribution in [1.82, 2.24) is 0 Å². The number of fused-ring (bicyclic) bond motifs is 1. The minimum atomic E-state index is -0.145. The van der Waals surface area contributed by atoms with Gasteiger partial charge in [0.15, 0.2) is 5.43 Å². The fourth-order valence-electron chi connectivity index (χ4n) is 3.43. The van der Waals surface area contributed by atoms with Crippen LogP contribution in [0.1, 0.15) is 19.8 Å². The molecule has 0 saturated carbocycles. The van der Waals surface area contributed by atoms with Crippen molar-refractivity contribution < 1.29 is 24.1 Å². The van der Waals surface area contributed by atoms with E-state index in [9.17, 15) is 15.0 Å². The number of hydrogen-bond donors (Lipinski definition) is 2. The molecular formula is C24H29NO6. The Kier molecular flexibility index (Phi) is 7.92. The highest BCUT2D eigenvalue weighted by molar-refractivity contribution is 5.83. The summed E-state index contributed by atoms with van der Waals surface area (Å²) in [6.07, 6.45) is 3.46. The molecule has 0 aliphatic rings. The van der Waals surface area contributed by atoms with Crippen LogP contribution in [0.25, 0.3) is 22.1 Å². The monoisotopic (exact) mass is 427 g/mol. The topological polar surface area (TPSA) is 92.4 Å². The normalized spacial score (nSPS) is 11.0. The molecule has 0 fully saturated rings. The van der Waals surface area contributed by atoms with Gasteiger partial charge in [-0.1, -0.05) is 19.4 Å². The minimum Gasteiger partial charge on any atom is -0.495 e. The van der Waals surface area contributed by atoms with Gasteiger partial charge in [0.2, 0.25) is 0 Å². The fraction of sp³-hybridized carbons (Fsp3) is 0.375. The van der Waals surface area contributed by atoms with Gasteiger partial charge in [0, 0.05) is 19.2 Å². The summed E-state index contributed by atoms with van der Waals surface area (Å²) >= 11 is 0. The molecule has 2 N–H and O–H groups in total. The summed E-state index contributed by atoms with van der Waals surface area (Å²) in [5.41, 5.74) is 2.09. The van der Waals surface area contributed by atoms with E-state index in [1.165, 1.54) is 6.26 Å². The van der Waals surface area contributed by atoms with E-state index in [1.54, 1.807) is 37.4 Å². The van der Waals surface area contributed by atoms with Gasteiger partial charge in [-0.3, -0.25) is 4.79 Å². The molecule has 7 heteroatoms. The second-order valence-corrected chi connectivity index (χ2v) is 7.16. The van der Waals surface area contributed by atoms with E-state index in [2.05, 4.69) is 6.92 Å². The first-order valence-electron chi connectivity index (χ1n) is 10.5. The van der Waals surface area contributed by atoms with E-state index in [0.717, 1.165) is 12.8 Å². The maximum atomic E-state index is 13.2. The van der Waals surface area contributed by atoms with Crippen LogP contribution in [-0.4, -0.2) is 50.2 Å². The number of methoxy groups -OCH3 is 1. The maximum absolute atomic E-state index is 13.2. The van der Waals surface area contributed by atoms with Crippen LogP contribution in [0.3, 0.4) is 0 Å². The SMILES string of the molecule is CCCCOc1ccc2c(=O)c(-c3ccc(OC)c(N(CCO)CCO)c3)coc2c1. The number of nitrogens with zero attached hydrogens (tertiary/aromatic N) is 1. The molecule has 0 saturated heterocycles. The summed E-state index contributed by atoms with van der Waals surface area (Å²) in [7, 11) is 1.55. The molecule has 0 spiro atoms. The second-order valence-electron chi connectivity index (χ2n) is 7.16. The van der Waals surface area contributed by atoms with Gasteiger partial charge < -0.3 is 29.0 Å². The Labute approximate surface area is 181 Å². The average molecular weight is 427 g/mol. The molecule has 2 aromatic carbocycles. The van der Waals surface area contributed by atoms with Crippen LogP contribution in [0.4, 0.5) is 5.69 Å². The van der Waals surface area contributed by atoms with Crippen molar-refractivity contribution >= 4 is 16.7 Å². The molecule has 3 rings (SSSR count). The number of unbranched alkanes of at least 4 members (excludes halogenated alkanes) is 1. The van der Waals surface area contributed by atoms with Crippen LogP contribution in [0.15, 0.2) is 51.9 Å². The first-order valence-corrected chi connectivity index (χ1v) is 10.5. The molecule has 166 valence electrons. The number of aliphatic hydroxyl groups is 2. The number of anilines is 1. The number of benzene rings is 2. The largest absolute Gasteiger partial charge is 0.495 e. The zero-order valence-electron chi connectivity index (χ0n) is 18.0. The molecule has 3 aromatic rings. The molecule has 0 aliphatic heterocycles. The Morgan fingerprint density at radius 2 is 1.84 bits per heavy atom. The number of aliphatic hydroxyl groups excluding tert-OH is 2. The van der Waals surface area contributed by atoms with Crippen molar-refractivity contribution in [2.24, 2.45) is 0 Å². The molecule has 1 heterocycles. The van der Waals surface area contributed by atoms with Crippen molar-refractivity contribution in [3.63, 3.8) is 0 Å². The van der Waals surface area contributed by atoms with Crippen molar-refractivity contribution in [3.8, 4) is 22.6 Å². The lowest BCUT2D eigenvalue weighted by Gasteiger charge is -2.25. The van der Waals surface area contributed by atoms with Gasteiger partial charge in [-0.25, -0.2) is 0 Å². The molecule has 0 unspecified atom stereocenters. The Balaban J connectivity index is 2.00. The van der Waals surface area contributed by atoms with Gasteiger partial charge in [-0.15, -0.1) is 0 Å². The minimum absolute atomic E-state index is 0.0752. The lowest BCUT2D eigenvalue weighted by molar-refractivity contribution is 0.280. The number of rotatable bonds is 11. The zero-order valence-corrected chi connectivity index (χ0v) is 18.0. The first kappa shape index (κ1) is 22.7. The summed E-state index contributed by atoms with van der Waals surface area (Å²) in [4.78, 5) is 15.0. The Bertz CT molecular complexity index is 1060. The van der Waals surface area contributed by atoms with Crippen LogP contribution in [-0.2, 0) is 0 Å². The average Bonchev–Trinajstić information content (AvgIpc) is 2.79. The predicted molar refractivity (Wildman–Crippen MR) is 121 cm³/mol. The number of ether oxygens (including phenoxy) is 2.